The zero-order valence-electron chi connectivity index (χ0n) is 23.8. The minimum absolute atomic E-state index is 0.0832. The van der Waals surface area contributed by atoms with Crippen LogP contribution in [-0.2, 0) is 16.8 Å². The zero-order valence-corrected chi connectivity index (χ0v) is 23.8. The number of hydrogen-bond donors (Lipinski definition) is 1. The van der Waals surface area contributed by atoms with Crippen molar-refractivity contribution in [1.29, 1.82) is 0 Å². The SMILES string of the molecule is COc1ccc(CN2C(=O)C3(CCC3)c3cc(C(N)=CC=Nc4ccncc4)cc(OC4CCN(C)CC4)c32)cc1. The first-order valence-electron chi connectivity index (χ1n) is 14.4. The van der Waals surface area contributed by atoms with E-state index in [1.54, 1.807) is 31.8 Å². The maximum absolute atomic E-state index is 14.2. The maximum Gasteiger partial charge on any atom is 0.238 e. The maximum atomic E-state index is 14.2. The highest BCUT2D eigenvalue weighted by Gasteiger charge is 2.55. The zero-order chi connectivity index (χ0) is 28.4. The minimum Gasteiger partial charge on any atom is -0.497 e. The molecule has 8 nitrogen and oxygen atoms in total. The molecule has 2 N–H and O–H groups in total. The van der Waals surface area contributed by atoms with Gasteiger partial charge in [0.15, 0.2) is 0 Å². The van der Waals surface area contributed by atoms with Crippen LogP contribution in [0, 0.1) is 0 Å². The van der Waals surface area contributed by atoms with Crippen LogP contribution in [0.4, 0.5) is 11.4 Å². The summed E-state index contributed by atoms with van der Waals surface area (Å²) in [5.41, 5.74) is 11.3. The largest absolute Gasteiger partial charge is 0.497 e. The smallest absolute Gasteiger partial charge is 0.238 e. The Balaban J connectivity index is 1.39. The molecule has 8 heteroatoms. The summed E-state index contributed by atoms with van der Waals surface area (Å²) in [6, 6.07) is 15.7. The lowest BCUT2D eigenvalue weighted by atomic mass is 9.65. The first kappa shape index (κ1) is 27.0. The number of aromatic nitrogens is 1. The lowest BCUT2D eigenvalue weighted by Crippen LogP contribution is -2.44. The van der Waals surface area contributed by atoms with Crippen LogP contribution in [-0.4, -0.2) is 55.4 Å². The summed E-state index contributed by atoms with van der Waals surface area (Å²) >= 11 is 0. The van der Waals surface area contributed by atoms with E-state index < -0.39 is 5.41 Å². The minimum atomic E-state index is -0.520. The average Bonchev–Trinajstić information content (AvgIpc) is 3.23. The van der Waals surface area contributed by atoms with Crippen LogP contribution < -0.4 is 20.1 Å². The third-order valence-electron chi connectivity index (χ3n) is 8.65. The highest BCUT2D eigenvalue weighted by molar-refractivity contribution is 6.10. The molecule has 3 aliphatic rings. The third-order valence-corrected chi connectivity index (χ3v) is 8.65. The predicted molar refractivity (Wildman–Crippen MR) is 162 cm³/mol. The van der Waals surface area contributed by atoms with Gasteiger partial charge in [-0.1, -0.05) is 18.6 Å². The lowest BCUT2D eigenvalue weighted by Gasteiger charge is -2.37. The fraction of sp³-hybridized carbons (Fsp3) is 0.364. The van der Waals surface area contributed by atoms with Crippen LogP contribution in [0.5, 0.6) is 11.5 Å². The summed E-state index contributed by atoms with van der Waals surface area (Å²) < 4.78 is 12.1. The molecular formula is C33H37N5O3. The molecular weight excluding hydrogens is 514 g/mol. The molecule has 1 aromatic heterocycles. The van der Waals surface area contributed by atoms with E-state index >= 15 is 0 Å². The van der Waals surface area contributed by atoms with Gasteiger partial charge in [-0.05, 0) is 86.3 Å². The number of carbonyl (C=O) groups is 1. The van der Waals surface area contributed by atoms with Crippen molar-refractivity contribution in [3.05, 3.63) is 83.7 Å². The molecule has 2 aromatic carbocycles. The molecule has 2 aliphatic heterocycles. The highest BCUT2D eigenvalue weighted by atomic mass is 16.5. The Hall–Kier alpha value is -4.17. The number of fused-ring (bicyclic) bond motifs is 2. The van der Waals surface area contributed by atoms with Crippen molar-refractivity contribution in [2.45, 2.75) is 50.2 Å². The first-order chi connectivity index (χ1) is 20.0. The Kier molecular flexibility index (Phi) is 7.49. The molecule has 3 heterocycles. The number of hydrogen-bond acceptors (Lipinski definition) is 7. The second kappa shape index (κ2) is 11.4. The Morgan fingerprint density at radius 1 is 1.12 bits per heavy atom. The molecule has 1 aliphatic carbocycles. The molecule has 2 fully saturated rings. The Morgan fingerprint density at radius 3 is 2.51 bits per heavy atom. The van der Waals surface area contributed by atoms with Gasteiger partial charge >= 0.3 is 0 Å². The summed E-state index contributed by atoms with van der Waals surface area (Å²) in [6.45, 7) is 2.45. The average molecular weight is 552 g/mol. The number of nitrogens with two attached hydrogens (primary N) is 1. The number of carbonyl (C=O) groups excluding carboxylic acids is 1. The number of nitrogens with zero attached hydrogens (tertiary/aromatic N) is 4. The van der Waals surface area contributed by atoms with Crippen molar-refractivity contribution in [2.75, 3.05) is 32.1 Å². The van der Waals surface area contributed by atoms with Crippen LogP contribution in [0.15, 0.2) is 72.0 Å². The van der Waals surface area contributed by atoms with Crippen LogP contribution in [0.25, 0.3) is 5.70 Å². The van der Waals surface area contributed by atoms with Crippen LogP contribution in [0.3, 0.4) is 0 Å². The molecule has 0 bridgehead atoms. The highest BCUT2D eigenvalue weighted by Crippen LogP contribution is 2.57. The van der Waals surface area contributed by atoms with E-state index in [0.717, 1.165) is 84.8 Å². The first-order valence-corrected chi connectivity index (χ1v) is 14.4. The summed E-state index contributed by atoms with van der Waals surface area (Å²) in [5.74, 6) is 1.69. The molecule has 0 radical (unpaired) electrons. The summed E-state index contributed by atoms with van der Waals surface area (Å²) in [7, 11) is 3.80. The Morgan fingerprint density at radius 2 is 1.85 bits per heavy atom. The van der Waals surface area contributed by atoms with Crippen molar-refractivity contribution >= 4 is 29.2 Å². The van der Waals surface area contributed by atoms with Gasteiger partial charge in [-0.2, -0.15) is 0 Å². The summed E-state index contributed by atoms with van der Waals surface area (Å²) in [4.78, 5) is 26.9. The van der Waals surface area contributed by atoms with Crippen molar-refractivity contribution in [3.8, 4) is 11.5 Å². The monoisotopic (exact) mass is 551 g/mol. The second-order valence-corrected chi connectivity index (χ2v) is 11.3. The fourth-order valence-corrected chi connectivity index (χ4v) is 6.07. The molecule has 212 valence electrons. The fourth-order valence-electron chi connectivity index (χ4n) is 6.07. The number of likely N-dealkylation sites (tertiary alicyclic amines) is 1. The standard InChI is InChI=1S/C33H37N5O3/c1-37-18-11-27(12-19-37)41-30-21-24(29(34)10-17-36-25-8-15-35-16-9-25)20-28-31(30)38(32(39)33(28)13-3-14-33)22-23-4-6-26(40-2)7-5-23/h4-10,15-17,20-21,27H,3,11-14,18-19,22,34H2,1-2H3. The van der Waals surface area contributed by atoms with E-state index in [1.807, 2.05) is 47.4 Å². The number of allylic oxidation sites excluding steroid dienone is 1. The molecule has 1 spiro atoms. The van der Waals surface area contributed by atoms with Gasteiger partial charge in [-0.15, -0.1) is 0 Å². The van der Waals surface area contributed by atoms with Crippen LogP contribution in [0.2, 0.25) is 0 Å². The summed E-state index contributed by atoms with van der Waals surface area (Å²) in [5, 5.41) is 0. The number of rotatable bonds is 8. The number of ether oxygens (including phenoxy) is 2. The van der Waals surface area contributed by atoms with E-state index in [1.165, 1.54) is 0 Å². The molecule has 3 aromatic rings. The Labute approximate surface area is 241 Å². The van der Waals surface area contributed by atoms with E-state index in [2.05, 4.69) is 28.0 Å². The lowest BCUT2D eigenvalue weighted by molar-refractivity contribution is -0.126. The van der Waals surface area contributed by atoms with Gasteiger partial charge in [-0.25, -0.2) is 0 Å². The number of methoxy groups -OCH3 is 1. The van der Waals surface area contributed by atoms with Gasteiger partial charge in [0.25, 0.3) is 0 Å². The van der Waals surface area contributed by atoms with Gasteiger partial charge in [0.1, 0.15) is 17.6 Å². The molecule has 41 heavy (non-hydrogen) atoms. The number of aliphatic imine (C=N–C) groups is 1. The van der Waals surface area contributed by atoms with Gasteiger partial charge in [-0.3, -0.25) is 14.8 Å². The van der Waals surface area contributed by atoms with Crippen molar-refractivity contribution < 1.29 is 14.3 Å². The summed E-state index contributed by atoms with van der Waals surface area (Å²) in [6.07, 6.45) is 11.6. The predicted octanol–water partition coefficient (Wildman–Crippen LogP) is 5.23. The van der Waals surface area contributed by atoms with E-state index in [4.69, 9.17) is 15.2 Å². The topological polar surface area (TPSA) is 93.3 Å². The number of anilines is 1. The molecule has 0 atom stereocenters. The quantitative estimate of drug-likeness (QED) is 0.385. The number of pyridine rings is 1. The molecule has 6 rings (SSSR count). The Bertz CT molecular complexity index is 1460. The number of amides is 1. The number of benzene rings is 2. The second-order valence-electron chi connectivity index (χ2n) is 11.3. The third kappa shape index (κ3) is 5.32. The van der Waals surface area contributed by atoms with E-state index in [-0.39, 0.29) is 12.0 Å². The molecule has 1 saturated heterocycles. The normalized spacial score (nSPS) is 19.0. The van der Waals surface area contributed by atoms with Crippen molar-refractivity contribution in [1.82, 2.24) is 9.88 Å². The molecule has 0 unspecified atom stereocenters. The van der Waals surface area contributed by atoms with Crippen LogP contribution in [0.1, 0.15) is 48.8 Å². The van der Waals surface area contributed by atoms with Crippen molar-refractivity contribution in [3.63, 3.8) is 0 Å². The van der Waals surface area contributed by atoms with Gasteiger partial charge in [0.2, 0.25) is 5.91 Å². The van der Waals surface area contributed by atoms with Gasteiger partial charge in [0, 0.05) is 43.0 Å². The van der Waals surface area contributed by atoms with E-state index in [9.17, 15) is 4.79 Å². The number of piperidine rings is 1. The molecule has 1 saturated carbocycles. The van der Waals surface area contributed by atoms with Crippen LogP contribution >= 0.6 is 0 Å². The van der Waals surface area contributed by atoms with Gasteiger partial charge < -0.3 is 25.0 Å². The van der Waals surface area contributed by atoms with E-state index in [0.29, 0.717) is 12.2 Å². The van der Waals surface area contributed by atoms with Gasteiger partial charge in [0.05, 0.1) is 30.4 Å². The molecule has 1 amide bonds. The van der Waals surface area contributed by atoms with Crippen molar-refractivity contribution in [2.24, 2.45) is 10.7 Å².